The summed E-state index contributed by atoms with van der Waals surface area (Å²) in [7, 11) is 1.98. The van der Waals surface area contributed by atoms with Gasteiger partial charge in [-0.15, -0.1) is 0 Å². The average molecular weight is 220 g/mol. The van der Waals surface area contributed by atoms with E-state index in [4.69, 9.17) is 9.83 Å². The molecule has 0 amide bonds. The normalized spacial score (nSPS) is 16.6. The van der Waals surface area contributed by atoms with Gasteiger partial charge < -0.3 is 9.32 Å². The SMILES string of the molecule is Cc1ccc(CN(C)C(=N)C2CCCC2)o1. The Hall–Kier alpha value is -1.25. The highest BCUT2D eigenvalue weighted by atomic mass is 16.3. The summed E-state index contributed by atoms with van der Waals surface area (Å²) in [6.45, 7) is 2.66. The fourth-order valence-corrected chi connectivity index (χ4v) is 2.40. The van der Waals surface area contributed by atoms with Crippen molar-refractivity contribution in [3.8, 4) is 0 Å². The molecule has 3 heteroatoms. The molecular formula is C13H20N2O. The highest BCUT2D eigenvalue weighted by Crippen LogP contribution is 2.26. The van der Waals surface area contributed by atoms with Crippen LogP contribution in [0.3, 0.4) is 0 Å². The molecule has 1 aromatic heterocycles. The van der Waals surface area contributed by atoms with E-state index < -0.39 is 0 Å². The van der Waals surface area contributed by atoms with Gasteiger partial charge in [0.1, 0.15) is 11.5 Å². The van der Waals surface area contributed by atoms with Crippen molar-refractivity contribution in [3.63, 3.8) is 0 Å². The van der Waals surface area contributed by atoms with Crippen molar-refractivity contribution in [2.75, 3.05) is 7.05 Å². The molecular weight excluding hydrogens is 200 g/mol. The van der Waals surface area contributed by atoms with Crippen molar-refractivity contribution in [1.82, 2.24) is 4.90 Å². The van der Waals surface area contributed by atoms with E-state index in [9.17, 15) is 0 Å². The summed E-state index contributed by atoms with van der Waals surface area (Å²) in [6, 6.07) is 3.97. The molecule has 1 fully saturated rings. The lowest BCUT2D eigenvalue weighted by molar-refractivity contribution is 0.383. The Morgan fingerprint density at radius 2 is 2.12 bits per heavy atom. The van der Waals surface area contributed by atoms with Crippen molar-refractivity contribution in [1.29, 1.82) is 5.41 Å². The second-order valence-electron chi connectivity index (χ2n) is 4.74. The lowest BCUT2D eigenvalue weighted by atomic mass is 10.1. The molecule has 1 saturated carbocycles. The Labute approximate surface area is 96.9 Å². The zero-order valence-corrected chi connectivity index (χ0v) is 10.1. The topological polar surface area (TPSA) is 40.2 Å². The fourth-order valence-electron chi connectivity index (χ4n) is 2.40. The third-order valence-corrected chi connectivity index (χ3v) is 3.34. The molecule has 3 nitrogen and oxygen atoms in total. The largest absolute Gasteiger partial charge is 0.464 e. The predicted molar refractivity (Wildman–Crippen MR) is 64.6 cm³/mol. The number of nitrogens with zero attached hydrogens (tertiary/aromatic N) is 1. The molecule has 0 aromatic carbocycles. The van der Waals surface area contributed by atoms with E-state index in [0.29, 0.717) is 12.5 Å². The van der Waals surface area contributed by atoms with Gasteiger partial charge in [-0.3, -0.25) is 5.41 Å². The zero-order chi connectivity index (χ0) is 11.5. The first kappa shape index (κ1) is 11.2. The molecule has 0 aliphatic heterocycles. The van der Waals surface area contributed by atoms with Crippen LogP contribution in [0.2, 0.25) is 0 Å². The molecule has 0 unspecified atom stereocenters. The highest BCUT2D eigenvalue weighted by molar-refractivity contribution is 5.81. The standard InChI is InChI=1S/C13H20N2O/c1-10-7-8-12(16-10)9-15(2)13(14)11-5-3-4-6-11/h7-8,11,14H,3-6,9H2,1-2H3. The summed E-state index contributed by atoms with van der Waals surface area (Å²) < 4.78 is 5.53. The van der Waals surface area contributed by atoms with E-state index in [-0.39, 0.29) is 0 Å². The van der Waals surface area contributed by atoms with Crippen molar-refractivity contribution >= 4 is 5.84 Å². The van der Waals surface area contributed by atoms with Crippen molar-refractivity contribution in [2.24, 2.45) is 5.92 Å². The summed E-state index contributed by atoms with van der Waals surface area (Å²) in [5, 5.41) is 8.13. The Morgan fingerprint density at radius 3 is 2.69 bits per heavy atom. The van der Waals surface area contributed by atoms with Gasteiger partial charge in [-0.1, -0.05) is 12.8 Å². The Bertz CT molecular complexity index is 364. The van der Waals surface area contributed by atoms with E-state index in [0.717, 1.165) is 17.4 Å². The lowest BCUT2D eigenvalue weighted by Gasteiger charge is -2.23. The molecule has 88 valence electrons. The summed E-state index contributed by atoms with van der Waals surface area (Å²) in [4.78, 5) is 2.01. The van der Waals surface area contributed by atoms with Gasteiger partial charge in [-0.25, -0.2) is 0 Å². The Kier molecular flexibility index (Phi) is 3.32. The molecule has 1 aliphatic carbocycles. The van der Waals surface area contributed by atoms with Crippen LogP contribution < -0.4 is 0 Å². The quantitative estimate of drug-likeness (QED) is 0.627. The third-order valence-electron chi connectivity index (χ3n) is 3.34. The average Bonchev–Trinajstić information content (AvgIpc) is 2.88. The molecule has 1 N–H and O–H groups in total. The van der Waals surface area contributed by atoms with Crippen LogP contribution in [0.5, 0.6) is 0 Å². The molecule has 0 atom stereocenters. The van der Waals surface area contributed by atoms with Crippen LogP contribution in [0.4, 0.5) is 0 Å². The van der Waals surface area contributed by atoms with Crippen LogP contribution in [-0.2, 0) is 6.54 Å². The van der Waals surface area contributed by atoms with E-state index in [1.54, 1.807) is 0 Å². The Balaban J connectivity index is 1.91. The summed E-state index contributed by atoms with van der Waals surface area (Å²) >= 11 is 0. The third kappa shape index (κ3) is 2.46. The minimum atomic E-state index is 0.473. The van der Waals surface area contributed by atoms with Crippen LogP contribution in [-0.4, -0.2) is 17.8 Å². The number of rotatable bonds is 3. The van der Waals surface area contributed by atoms with Gasteiger partial charge in [-0.05, 0) is 31.9 Å². The van der Waals surface area contributed by atoms with E-state index in [1.165, 1.54) is 25.7 Å². The van der Waals surface area contributed by atoms with Crippen molar-refractivity contribution < 1.29 is 4.42 Å². The number of furan rings is 1. The Morgan fingerprint density at radius 1 is 1.44 bits per heavy atom. The fraction of sp³-hybridized carbons (Fsp3) is 0.615. The number of amidine groups is 1. The monoisotopic (exact) mass is 220 g/mol. The highest BCUT2D eigenvalue weighted by Gasteiger charge is 2.22. The maximum Gasteiger partial charge on any atom is 0.123 e. The first-order chi connectivity index (χ1) is 7.66. The van der Waals surface area contributed by atoms with E-state index in [2.05, 4.69) is 0 Å². The predicted octanol–water partition coefficient (Wildman–Crippen LogP) is 3.19. The van der Waals surface area contributed by atoms with Crippen LogP contribution in [0.1, 0.15) is 37.2 Å². The van der Waals surface area contributed by atoms with Crippen molar-refractivity contribution in [2.45, 2.75) is 39.2 Å². The minimum absolute atomic E-state index is 0.473. The summed E-state index contributed by atoms with van der Waals surface area (Å²) in [5.41, 5.74) is 0. The molecule has 2 rings (SSSR count). The van der Waals surface area contributed by atoms with Crippen LogP contribution in [0.25, 0.3) is 0 Å². The number of nitrogens with one attached hydrogen (secondary N) is 1. The number of hydrogen-bond donors (Lipinski definition) is 1. The smallest absolute Gasteiger partial charge is 0.123 e. The first-order valence-electron chi connectivity index (χ1n) is 6.01. The lowest BCUT2D eigenvalue weighted by Crippen LogP contribution is -2.30. The van der Waals surface area contributed by atoms with Gasteiger partial charge in [-0.2, -0.15) is 0 Å². The van der Waals surface area contributed by atoms with Gasteiger partial charge in [0.2, 0.25) is 0 Å². The molecule has 0 radical (unpaired) electrons. The molecule has 1 heterocycles. The van der Waals surface area contributed by atoms with Crippen molar-refractivity contribution in [3.05, 3.63) is 23.7 Å². The van der Waals surface area contributed by atoms with Crippen LogP contribution in [0, 0.1) is 18.3 Å². The molecule has 1 aromatic rings. The first-order valence-corrected chi connectivity index (χ1v) is 6.01. The molecule has 16 heavy (non-hydrogen) atoms. The second kappa shape index (κ2) is 4.73. The van der Waals surface area contributed by atoms with Gasteiger partial charge in [0.15, 0.2) is 0 Å². The zero-order valence-electron chi connectivity index (χ0n) is 10.1. The molecule has 1 aliphatic rings. The van der Waals surface area contributed by atoms with Gasteiger partial charge in [0.25, 0.3) is 0 Å². The van der Waals surface area contributed by atoms with Gasteiger partial charge in [0.05, 0.1) is 12.4 Å². The molecule has 0 bridgehead atoms. The van der Waals surface area contributed by atoms with E-state index in [1.807, 2.05) is 31.0 Å². The second-order valence-corrected chi connectivity index (χ2v) is 4.74. The molecule has 0 spiro atoms. The maximum atomic E-state index is 8.13. The summed E-state index contributed by atoms with van der Waals surface area (Å²) in [5.74, 6) is 3.13. The van der Waals surface area contributed by atoms with E-state index >= 15 is 0 Å². The summed E-state index contributed by atoms with van der Waals surface area (Å²) in [6.07, 6.45) is 4.92. The van der Waals surface area contributed by atoms with Crippen LogP contribution in [0.15, 0.2) is 16.5 Å². The molecule has 0 saturated heterocycles. The van der Waals surface area contributed by atoms with Gasteiger partial charge >= 0.3 is 0 Å². The minimum Gasteiger partial charge on any atom is -0.464 e. The van der Waals surface area contributed by atoms with Crippen LogP contribution >= 0.6 is 0 Å². The van der Waals surface area contributed by atoms with Gasteiger partial charge in [0, 0.05) is 13.0 Å². The maximum absolute atomic E-state index is 8.13. The number of hydrogen-bond acceptors (Lipinski definition) is 2. The number of aryl methyl sites for hydroxylation is 1.